The molecule has 6 heteroatoms. The van der Waals surface area contributed by atoms with Crippen LogP contribution in [0.4, 0.5) is 0 Å². The molecule has 0 unspecified atom stereocenters. The summed E-state index contributed by atoms with van der Waals surface area (Å²) in [6, 6.07) is 11.0. The first-order valence-corrected chi connectivity index (χ1v) is 7.60. The molecule has 0 aliphatic heterocycles. The van der Waals surface area contributed by atoms with Crippen molar-refractivity contribution in [1.82, 2.24) is 9.97 Å². The van der Waals surface area contributed by atoms with E-state index in [-0.39, 0.29) is 0 Å². The molecule has 0 saturated heterocycles. The van der Waals surface area contributed by atoms with E-state index in [9.17, 15) is 0 Å². The molecule has 0 N–H and O–H groups in total. The maximum atomic E-state index is 6.32. The van der Waals surface area contributed by atoms with E-state index in [4.69, 9.17) is 27.9 Å². The third-order valence-electron chi connectivity index (χ3n) is 3.02. The van der Waals surface area contributed by atoms with Crippen molar-refractivity contribution in [3.05, 3.63) is 51.0 Å². The number of ether oxygens (including phenoxy) is 1. The Labute approximate surface area is 140 Å². The van der Waals surface area contributed by atoms with E-state index in [1.807, 2.05) is 24.3 Å². The van der Waals surface area contributed by atoms with Crippen LogP contribution < -0.4 is 4.74 Å². The van der Waals surface area contributed by atoms with E-state index < -0.39 is 0 Å². The highest BCUT2D eigenvalue weighted by Gasteiger charge is 2.14. The molecule has 0 bridgehead atoms. The molecular weight excluding hydrogens is 375 g/mol. The van der Waals surface area contributed by atoms with Crippen molar-refractivity contribution >= 4 is 50.0 Å². The van der Waals surface area contributed by atoms with Crippen LogP contribution in [0.5, 0.6) is 5.75 Å². The van der Waals surface area contributed by atoms with E-state index in [0.717, 1.165) is 15.4 Å². The van der Waals surface area contributed by atoms with Crippen LogP contribution in [-0.2, 0) is 0 Å². The highest BCUT2D eigenvalue weighted by Crippen LogP contribution is 2.35. The average molecular weight is 384 g/mol. The van der Waals surface area contributed by atoms with E-state index in [0.29, 0.717) is 27.3 Å². The lowest BCUT2D eigenvalue weighted by Gasteiger charge is -2.09. The molecule has 0 atom stereocenters. The summed E-state index contributed by atoms with van der Waals surface area (Å²) in [5.41, 5.74) is 1.45. The number of rotatable bonds is 2. The standard InChI is InChI=1S/C15H9BrCl2N2O/c1-21-11-6-5-10(16)12-13(11)19-15(20-14(12)18)8-3-2-4-9(17)7-8/h2-7H,1H3. The number of hydrogen-bond donors (Lipinski definition) is 0. The normalized spacial score (nSPS) is 10.9. The summed E-state index contributed by atoms with van der Waals surface area (Å²) in [5, 5.41) is 1.70. The monoisotopic (exact) mass is 382 g/mol. The topological polar surface area (TPSA) is 35.0 Å². The number of methoxy groups -OCH3 is 1. The van der Waals surface area contributed by atoms with Crippen LogP contribution in [0.2, 0.25) is 10.2 Å². The van der Waals surface area contributed by atoms with Crippen LogP contribution in [0.25, 0.3) is 22.3 Å². The van der Waals surface area contributed by atoms with Gasteiger partial charge < -0.3 is 4.74 Å². The van der Waals surface area contributed by atoms with Crippen molar-refractivity contribution in [3.63, 3.8) is 0 Å². The van der Waals surface area contributed by atoms with Gasteiger partial charge in [-0.1, -0.05) is 35.3 Å². The molecule has 1 aromatic heterocycles. The van der Waals surface area contributed by atoms with E-state index in [1.165, 1.54) is 0 Å². The molecule has 0 aliphatic carbocycles. The zero-order valence-corrected chi connectivity index (χ0v) is 14.0. The number of nitrogens with zero attached hydrogens (tertiary/aromatic N) is 2. The van der Waals surface area contributed by atoms with Crippen LogP contribution in [0.1, 0.15) is 0 Å². The van der Waals surface area contributed by atoms with Crippen LogP contribution in [-0.4, -0.2) is 17.1 Å². The zero-order chi connectivity index (χ0) is 15.0. The molecule has 3 rings (SSSR count). The van der Waals surface area contributed by atoms with Gasteiger partial charge in [-0.3, -0.25) is 0 Å². The third-order valence-corrected chi connectivity index (χ3v) is 4.19. The molecule has 2 aromatic carbocycles. The summed E-state index contributed by atoms with van der Waals surface area (Å²) in [7, 11) is 1.59. The van der Waals surface area contributed by atoms with Crippen LogP contribution in [0.15, 0.2) is 40.9 Å². The van der Waals surface area contributed by atoms with Gasteiger partial charge in [-0.25, -0.2) is 9.97 Å². The average Bonchev–Trinajstić information content (AvgIpc) is 2.47. The molecule has 0 spiro atoms. The number of benzene rings is 2. The van der Waals surface area contributed by atoms with Gasteiger partial charge >= 0.3 is 0 Å². The Morgan fingerprint density at radius 1 is 1.10 bits per heavy atom. The molecule has 0 amide bonds. The Kier molecular flexibility index (Phi) is 4.02. The SMILES string of the molecule is COc1ccc(Br)c2c(Cl)nc(-c3cccc(Cl)c3)nc12. The lowest BCUT2D eigenvalue weighted by atomic mass is 10.2. The maximum absolute atomic E-state index is 6.32. The maximum Gasteiger partial charge on any atom is 0.161 e. The summed E-state index contributed by atoms with van der Waals surface area (Å²) in [6.45, 7) is 0. The minimum Gasteiger partial charge on any atom is -0.494 e. The Morgan fingerprint density at radius 3 is 2.62 bits per heavy atom. The second-order valence-electron chi connectivity index (χ2n) is 4.32. The van der Waals surface area contributed by atoms with Crippen molar-refractivity contribution in [1.29, 1.82) is 0 Å². The van der Waals surface area contributed by atoms with Gasteiger partial charge in [0.1, 0.15) is 16.4 Å². The zero-order valence-electron chi connectivity index (χ0n) is 10.9. The molecule has 3 nitrogen and oxygen atoms in total. The molecule has 0 aliphatic rings. The number of hydrogen-bond acceptors (Lipinski definition) is 3. The van der Waals surface area contributed by atoms with Gasteiger partial charge in [0.05, 0.1) is 12.5 Å². The number of halogens is 3. The van der Waals surface area contributed by atoms with Gasteiger partial charge in [-0.05, 0) is 40.2 Å². The highest BCUT2D eigenvalue weighted by molar-refractivity contribution is 9.10. The smallest absolute Gasteiger partial charge is 0.161 e. The summed E-state index contributed by atoms with van der Waals surface area (Å²) in [4.78, 5) is 8.93. The van der Waals surface area contributed by atoms with E-state index in [2.05, 4.69) is 25.9 Å². The Hall–Kier alpha value is -1.36. The van der Waals surface area contributed by atoms with Gasteiger partial charge in [0.25, 0.3) is 0 Å². The molecular formula is C15H9BrCl2N2O. The highest BCUT2D eigenvalue weighted by atomic mass is 79.9. The van der Waals surface area contributed by atoms with E-state index in [1.54, 1.807) is 19.2 Å². The largest absolute Gasteiger partial charge is 0.494 e. The predicted molar refractivity (Wildman–Crippen MR) is 89.2 cm³/mol. The third kappa shape index (κ3) is 2.71. The van der Waals surface area contributed by atoms with Crippen LogP contribution in [0.3, 0.4) is 0 Å². The first kappa shape index (κ1) is 14.6. The second kappa shape index (κ2) is 5.79. The molecule has 3 aromatic rings. The quantitative estimate of drug-likeness (QED) is 0.557. The minimum absolute atomic E-state index is 0.362. The van der Waals surface area contributed by atoms with Crippen molar-refractivity contribution in [2.45, 2.75) is 0 Å². The summed E-state index contributed by atoms with van der Waals surface area (Å²) in [6.07, 6.45) is 0. The summed E-state index contributed by atoms with van der Waals surface area (Å²) >= 11 is 15.8. The van der Waals surface area contributed by atoms with Gasteiger partial charge in [0, 0.05) is 15.1 Å². The van der Waals surface area contributed by atoms with E-state index >= 15 is 0 Å². The molecule has 1 heterocycles. The summed E-state index contributed by atoms with van der Waals surface area (Å²) < 4.78 is 6.18. The number of aromatic nitrogens is 2. The van der Waals surface area contributed by atoms with Gasteiger partial charge in [-0.15, -0.1) is 0 Å². The van der Waals surface area contributed by atoms with Crippen molar-refractivity contribution in [2.75, 3.05) is 7.11 Å². The predicted octanol–water partition coefficient (Wildman–Crippen LogP) is 5.37. The van der Waals surface area contributed by atoms with Crippen molar-refractivity contribution in [2.24, 2.45) is 0 Å². The summed E-state index contributed by atoms with van der Waals surface area (Å²) in [5.74, 6) is 1.15. The first-order chi connectivity index (χ1) is 10.1. The Morgan fingerprint density at radius 2 is 1.90 bits per heavy atom. The molecule has 106 valence electrons. The Balaban J connectivity index is 2.32. The fourth-order valence-corrected chi connectivity index (χ4v) is 3.14. The molecule has 0 fully saturated rings. The molecule has 0 saturated carbocycles. The fraction of sp³-hybridized carbons (Fsp3) is 0.0667. The lowest BCUT2D eigenvalue weighted by Crippen LogP contribution is -1.95. The van der Waals surface area contributed by atoms with Gasteiger partial charge in [-0.2, -0.15) is 0 Å². The first-order valence-electron chi connectivity index (χ1n) is 6.06. The lowest BCUT2D eigenvalue weighted by molar-refractivity contribution is 0.419. The minimum atomic E-state index is 0.362. The van der Waals surface area contributed by atoms with Crippen molar-refractivity contribution < 1.29 is 4.74 Å². The second-order valence-corrected chi connectivity index (χ2v) is 5.97. The fourth-order valence-electron chi connectivity index (χ4n) is 2.06. The Bertz CT molecular complexity index is 839. The van der Waals surface area contributed by atoms with Crippen molar-refractivity contribution in [3.8, 4) is 17.1 Å². The molecule has 0 radical (unpaired) electrons. The molecule has 21 heavy (non-hydrogen) atoms. The van der Waals surface area contributed by atoms with Crippen LogP contribution in [0, 0.1) is 0 Å². The number of fused-ring (bicyclic) bond motifs is 1. The van der Waals surface area contributed by atoms with Gasteiger partial charge in [0.15, 0.2) is 5.82 Å². The van der Waals surface area contributed by atoms with Gasteiger partial charge in [0.2, 0.25) is 0 Å². The van der Waals surface area contributed by atoms with Crippen LogP contribution >= 0.6 is 39.1 Å².